The van der Waals surface area contributed by atoms with E-state index in [1.165, 1.54) is 0 Å². The summed E-state index contributed by atoms with van der Waals surface area (Å²) in [6.45, 7) is 3.68. The molecule has 0 aliphatic heterocycles. The van der Waals surface area contributed by atoms with Gasteiger partial charge in [0.05, 0.1) is 23.8 Å². The highest BCUT2D eigenvalue weighted by atomic mass is 35.5. The van der Waals surface area contributed by atoms with Crippen LogP contribution in [0.2, 0.25) is 5.02 Å². The van der Waals surface area contributed by atoms with Crippen LogP contribution in [0.4, 0.5) is 0 Å². The summed E-state index contributed by atoms with van der Waals surface area (Å²) in [6, 6.07) is 3.69. The molecule has 0 fully saturated rings. The lowest BCUT2D eigenvalue weighted by molar-refractivity contribution is 0.860. The van der Waals surface area contributed by atoms with Crippen LogP contribution in [0, 0.1) is 12.3 Å². The van der Waals surface area contributed by atoms with Gasteiger partial charge in [-0.05, 0) is 19.1 Å². The lowest BCUT2D eigenvalue weighted by Gasteiger charge is -2.07. The molecule has 0 amide bonds. The van der Waals surface area contributed by atoms with Crippen LogP contribution in [0.25, 0.3) is 5.65 Å². The van der Waals surface area contributed by atoms with E-state index in [-0.39, 0.29) is 0 Å². The van der Waals surface area contributed by atoms with Crippen molar-refractivity contribution < 1.29 is 0 Å². The summed E-state index contributed by atoms with van der Waals surface area (Å²) in [4.78, 5) is 8.90. The van der Waals surface area contributed by atoms with Crippen LogP contribution in [0.3, 0.4) is 0 Å². The highest BCUT2D eigenvalue weighted by molar-refractivity contribution is 6.30. The monoisotopic (exact) mass is 289 g/mol. The summed E-state index contributed by atoms with van der Waals surface area (Å²) in [5.74, 6) is 3.20. The van der Waals surface area contributed by atoms with Crippen molar-refractivity contribution in [3.8, 4) is 12.3 Å². The molecule has 0 aromatic carbocycles. The van der Waals surface area contributed by atoms with E-state index in [2.05, 4.69) is 26.5 Å². The second-order valence-corrected chi connectivity index (χ2v) is 4.53. The maximum Gasteiger partial charge on any atom is 0.192 e. The molecule has 0 aliphatic carbocycles. The molecular weight excluding hydrogens is 274 g/mol. The SMILES string of the molecule is C#CCNC(=NCc1cn2cc(Cl)ccc2n1)NCC. The van der Waals surface area contributed by atoms with Crippen molar-refractivity contribution in [2.45, 2.75) is 13.5 Å². The molecule has 2 aromatic heterocycles. The number of fused-ring (bicyclic) bond motifs is 1. The molecule has 0 unspecified atom stereocenters. The van der Waals surface area contributed by atoms with E-state index in [1.807, 2.05) is 35.9 Å². The van der Waals surface area contributed by atoms with Gasteiger partial charge in [-0.2, -0.15) is 0 Å². The van der Waals surface area contributed by atoms with Gasteiger partial charge in [0, 0.05) is 18.9 Å². The normalized spacial score (nSPS) is 11.3. The van der Waals surface area contributed by atoms with Crippen molar-refractivity contribution in [1.82, 2.24) is 20.0 Å². The average Bonchev–Trinajstić information content (AvgIpc) is 2.83. The molecule has 6 heteroatoms. The first-order valence-electron chi connectivity index (χ1n) is 6.31. The van der Waals surface area contributed by atoms with Crippen molar-refractivity contribution in [3.05, 3.63) is 35.2 Å². The van der Waals surface area contributed by atoms with Crippen LogP contribution in [0.1, 0.15) is 12.6 Å². The third kappa shape index (κ3) is 3.65. The Morgan fingerprint density at radius 3 is 3.05 bits per heavy atom. The number of terminal acetylenes is 1. The van der Waals surface area contributed by atoms with Crippen LogP contribution in [0.5, 0.6) is 0 Å². The van der Waals surface area contributed by atoms with E-state index < -0.39 is 0 Å². The lowest BCUT2D eigenvalue weighted by Crippen LogP contribution is -2.37. The smallest absolute Gasteiger partial charge is 0.192 e. The molecule has 2 heterocycles. The second-order valence-electron chi connectivity index (χ2n) is 4.10. The Bertz CT molecular complexity index is 653. The van der Waals surface area contributed by atoms with Crippen molar-refractivity contribution in [3.63, 3.8) is 0 Å². The molecule has 20 heavy (non-hydrogen) atoms. The zero-order valence-electron chi connectivity index (χ0n) is 11.2. The number of aromatic nitrogens is 2. The first kappa shape index (κ1) is 14.2. The van der Waals surface area contributed by atoms with Crippen molar-refractivity contribution in [2.75, 3.05) is 13.1 Å². The van der Waals surface area contributed by atoms with Gasteiger partial charge in [-0.15, -0.1) is 6.42 Å². The lowest BCUT2D eigenvalue weighted by atomic mass is 10.5. The fourth-order valence-electron chi connectivity index (χ4n) is 1.73. The minimum atomic E-state index is 0.437. The van der Waals surface area contributed by atoms with Gasteiger partial charge in [-0.3, -0.25) is 0 Å². The fraction of sp³-hybridized carbons (Fsp3) is 0.286. The molecule has 0 spiro atoms. The van der Waals surface area contributed by atoms with E-state index in [1.54, 1.807) is 0 Å². The number of rotatable bonds is 4. The third-order valence-corrected chi connectivity index (χ3v) is 2.79. The van der Waals surface area contributed by atoms with Gasteiger partial charge in [0.1, 0.15) is 5.65 Å². The Hall–Kier alpha value is -2.19. The van der Waals surface area contributed by atoms with Crippen LogP contribution < -0.4 is 10.6 Å². The number of hydrogen-bond acceptors (Lipinski definition) is 2. The maximum absolute atomic E-state index is 5.94. The number of imidazole rings is 1. The van der Waals surface area contributed by atoms with Crippen LogP contribution in [-0.2, 0) is 6.54 Å². The zero-order valence-corrected chi connectivity index (χ0v) is 12.0. The number of aliphatic imine (C=N–C) groups is 1. The van der Waals surface area contributed by atoms with E-state index in [9.17, 15) is 0 Å². The van der Waals surface area contributed by atoms with E-state index >= 15 is 0 Å². The highest BCUT2D eigenvalue weighted by Crippen LogP contribution is 2.12. The Morgan fingerprint density at radius 1 is 1.45 bits per heavy atom. The summed E-state index contributed by atoms with van der Waals surface area (Å²) in [5, 5.41) is 6.82. The summed E-state index contributed by atoms with van der Waals surface area (Å²) < 4.78 is 1.88. The van der Waals surface area contributed by atoms with Gasteiger partial charge >= 0.3 is 0 Å². The molecule has 0 bridgehead atoms. The predicted molar refractivity (Wildman–Crippen MR) is 81.9 cm³/mol. The number of hydrogen-bond donors (Lipinski definition) is 2. The van der Waals surface area contributed by atoms with E-state index in [4.69, 9.17) is 18.0 Å². The van der Waals surface area contributed by atoms with Gasteiger partial charge in [-0.25, -0.2) is 9.98 Å². The quantitative estimate of drug-likeness (QED) is 0.511. The second kappa shape index (κ2) is 6.83. The summed E-state index contributed by atoms with van der Waals surface area (Å²) in [5.41, 5.74) is 1.71. The molecule has 0 saturated heterocycles. The molecule has 0 radical (unpaired) electrons. The number of guanidine groups is 1. The van der Waals surface area contributed by atoms with Crippen LogP contribution in [-0.4, -0.2) is 28.4 Å². The number of nitrogens with zero attached hydrogens (tertiary/aromatic N) is 3. The van der Waals surface area contributed by atoms with Crippen molar-refractivity contribution in [2.24, 2.45) is 4.99 Å². The van der Waals surface area contributed by atoms with Gasteiger partial charge in [0.2, 0.25) is 0 Å². The number of nitrogens with one attached hydrogen (secondary N) is 2. The standard InChI is InChI=1S/C14H16ClN5/c1-3-7-17-14(16-4-2)18-8-12-10-20-9-11(15)5-6-13(20)19-12/h1,5-6,9-10H,4,7-8H2,2H3,(H2,16,17,18). The fourth-order valence-corrected chi connectivity index (χ4v) is 1.90. The molecule has 2 N–H and O–H groups in total. The predicted octanol–water partition coefficient (Wildman–Crippen LogP) is 1.68. The Kier molecular flexibility index (Phi) is 4.85. The minimum Gasteiger partial charge on any atom is -0.357 e. The highest BCUT2D eigenvalue weighted by Gasteiger charge is 2.02. The molecule has 0 atom stereocenters. The Labute approximate surface area is 123 Å². The topological polar surface area (TPSA) is 53.7 Å². The third-order valence-electron chi connectivity index (χ3n) is 2.57. The summed E-state index contributed by atoms with van der Waals surface area (Å²) >= 11 is 5.94. The average molecular weight is 290 g/mol. The summed E-state index contributed by atoms with van der Waals surface area (Å²) in [7, 11) is 0. The first-order chi connectivity index (χ1) is 9.72. The molecule has 5 nitrogen and oxygen atoms in total. The van der Waals surface area contributed by atoms with Gasteiger partial charge < -0.3 is 15.0 Å². The molecular formula is C14H16ClN5. The largest absolute Gasteiger partial charge is 0.357 e. The molecule has 0 aliphatic rings. The minimum absolute atomic E-state index is 0.437. The Balaban J connectivity index is 2.11. The number of halogens is 1. The molecule has 0 saturated carbocycles. The van der Waals surface area contributed by atoms with Gasteiger partial charge in [0.25, 0.3) is 0 Å². The van der Waals surface area contributed by atoms with Gasteiger partial charge in [0.15, 0.2) is 5.96 Å². The maximum atomic E-state index is 5.94. The van der Waals surface area contributed by atoms with Gasteiger partial charge in [-0.1, -0.05) is 17.5 Å². The van der Waals surface area contributed by atoms with Crippen LogP contribution in [0.15, 0.2) is 29.5 Å². The Morgan fingerprint density at radius 2 is 2.30 bits per heavy atom. The zero-order chi connectivity index (χ0) is 14.4. The van der Waals surface area contributed by atoms with E-state index in [0.29, 0.717) is 24.1 Å². The van der Waals surface area contributed by atoms with Crippen molar-refractivity contribution >= 4 is 23.2 Å². The summed E-state index contributed by atoms with van der Waals surface area (Å²) in [6.07, 6.45) is 8.95. The number of pyridine rings is 1. The van der Waals surface area contributed by atoms with Crippen LogP contribution >= 0.6 is 11.6 Å². The first-order valence-corrected chi connectivity index (χ1v) is 6.69. The molecule has 104 valence electrons. The van der Waals surface area contributed by atoms with E-state index in [0.717, 1.165) is 17.9 Å². The van der Waals surface area contributed by atoms with Crippen molar-refractivity contribution in [1.29, 1.82) is 0 Å². The molecule has 2 rings (SSSR count). The molecule has 2 aromatic rings.